The van der Waals surface area contributed by atoms with Crippen LogP contribution in [-0.4, -0.2) is 14.5 Å². The molecule has 0 spiro atoms. The van der Waals surface area contributed by atoms with E-state index in [1.54, 1.807) is 0 Å². The predicted molar refractivity (Wildman–Crippen MR) is 131 cm³/mol. The third-order valence-corrected chi connectivity index (χ3v) is 5.77. The van der Waals surface area contributed by atoms with Gasteiger partial charge in [0.2, 0.25) is 0 Å². The molecular formula is C29H20IrN3O-. The van der Waals surface area contributed by atoms with Crippen molar-refractivity contribution in [3.63, 3.8) is 0 Å². The summed E-state index contributed by atoms with van der Waals surface area (Å²) in [6, 6.07) is 34.4. The zero-order valence-corrected chi connectivity index (χ0v) is 20.8. The molecule has 2 heterocycles. The number of aromatic nitrogens is 3. The minimum Gasteiger partial charge on any atom is -0.488 e. The van der Waals surface area contributed by atoms with Crippen LogP contribution in [0.4, 0.5) is 0 Å². The molecule has 0 saturated carbocycles. The van der Waals surface area contributed by atoms with Gasteiger partial charge in [-0.15, -0.1) is 18.2 Å². The Bertz CT molecular complexity index is 1510. The van der Waals surface area contributed by atoms with Crippen molar-refractivity contribution in [2.45, 2.75) is 6.92 Å². The molecule has 0 amide bonds. The molecule has 0 atom stereocenters. The van der Waals surface area contributed by atoms with Gasteiger partial charge in [0, 0.05) is 56.1 Å². The van der Waals surface area contributed by atoms with E-state index in [2.05, 4.69) is 82.3 Å². The zero-order chi connectivity index (χ0) is 22.2. The number of para-hydroxylation sites is 1. The summed E-state index contributed by atoms with van der Waals surface area (Å²) in [5.41, 5.74) is 7.87. The molecule has 34 heavy (non-hydrogen) atoms. The molecule has 4 aromatic carbocycles. The summed E-state index contributed by atoms with van der Waals surface area (Å²) in [6.45, 7) is 1.86. The van der Waals surface area contributed by atoms with Crippen molar-refractivity contribution in [3.8, 4) is 39.3 Å². The van der Waals surface area contributed by atoms with E-state index >= 15 is 0 Å². The molecule has 0 bridgehead atoms. The van der Waals surface area contributed by atoms with Crippen molar-refractivity contribution in [3.05, 3.63) is 115 Å². The number of oxazole rings is 1. The molecule has 0 aliphatic rings. The fraction of sp³-hybridized carbons (Fsp3) is 0.0345. The fourth-order valence-electron chi connectivity index (χ4n) is 4.34. The molecule has 0 aliphatic heterocycles. The van der Waals surface area contributed by atoms with Gasteiger partial charge in [0.05, 0.1) is 17.1 Å². The Labute approximate surface area is 211 Å². The molecule has 0 fully saturated rings. The largest absolute Gasteiger partial charge is 0.488 e. The first kappa shape index (κ1) is 22.0. The van der Waals surface area contributed by atoms with Crippen LogP contribution in [0.3, 0.4) is 0 Å². The Morgan fingerprint density at radius 2 is 1.44 bits per heavy atom. The Balaban J connectivity index is 0.00000241. The maximum Gasteiger partial charge on any atom is 0.180 e. The van der Waals surface area contributed by atoms with Gasteiger partial charge in [-0.25, -0.2) is 4.98 Å². The minimum absolute atomic E-state index is 0. The molecule has 0 aliphatic carbocycles. The van der Waals surface area contributed by atoms with Crippen molar-refractivity contribution in [1.82, 2.24) is 14.5 Å². The standard InChI is InChI=1S/C29H20N3O.Ir/c1-20-31-26-17-9-16-25(28(26)33-20)29-30-18-19-32(29)27-23(21-10-4-2-5-11-21)14-8-15-24(27)22-12-6-3-7-13-22;/h2-15,17-19H,1H3;/q-1;. The number of rotatable bonds is 4. The van der Waals surface area contributed by atoms with Crippen molar-refractivity contribution in [1.29, 1.82) is 0 Å². The average Bonchev–Trinajstić information content (AvgIpc) is 3.50. The van der Waals surface area contributed by atoms with Crippen molar-refractivity contribution in [2.75, 3.05) is 0 Å². The Kier molecular flexibility index (Phi) is 5.97. The number of aryl methyl sites for hydroxylation is 1. The Morgan fingerprint density at radius 1 is 0.794 bits per heavy atom. The van der Waals surface area contributed by atoms with Crippen LogP contribution in [0.2, 0.25) is 0 Å². The second-order valence-corrected chi connectivity index (χ2v) is 7.85. The van der Waals surface area contributed by atoms with E-state index in [0.717, 1.165) is 44.8 Å². The smallest absolute Gasteiger partial charge is 0.180 e. The van der Waals surface area contributed by atoms with Crippen molar-refractivity contribution in [2.24, 2.45) is 0 Å². The number of imidazole rings is 1. The monoisotopic (exact) mass is 619 g/mol. The predicted octanol–water partition coefficient (Wildman–Crippen LogP) is 7.12. The van der Waals surface area contributed by atoms with Crippen LogP contribution >= 0.6 is 0 Å². The maximum atomic E-state index is 5.95. The number of nitrogens with zero attached hydrogens (tertiary/aromatic N) is 3. The van der Waals surface area contributed by atoms with Gasteiger partial charge in [-0.2, -0.15) is 0 Å². The molecule has 0 unspecified atom stereocenters. The first-order valence-corrected chi connectivity index (χ1v) is 10.9. The Hall–Kier alpha value is -3.79. The van der Waals surface area contributed by atoms with Gasteiger partial charge in [-0.3, -0.25) is 4.98 Å². The first-order chi connectivity index (χ1) is 16.3. The second kappa shape index (κ2) is 9.22. The summed E-state index contributed by atoms with van der Waals surface area (Å²) in [7, 11) is 0. The second-order valence-electron chi connectivity index (χ2n) is 7.85. The molecular weight excluding hydrogens is 599 g/mol. The third kappa shape index (κ3) is 3.79. The van der Waals surface area contributed by atoms with E-state index in [1.165, 1.54) is 0 Å². The topological polar surface area (TPSA) is 43.9 Å². The molecule has 6 aromatic rings. The first-order valence-electron chi connectivity index (χ1n) is 10.9. The van der Waals surface area contributed by atoms with E-state index in [0.29, 0.717) is 11.5 Å². The van der Waals surface area contributed by atoms with E-state index in [-0.39, 0.29) is 20.1 Å². The van der Waals surface area contributed by atoms with Crippen LogP contribution in [-0.2, 0) is 20.1 Å². The van der Waals surface area contributed by atoms with Crippen LogP contribution in [0, 0.1) is 13.0 Å². The van der Waals surface area contributed by atoms with E-state index in [1.807, 2.05) is 43.6 Å². The summed E-state index contributed by atoms with van der Waals surface area (Å²) >= 11 is 0. The normalized spacial score (nSPS) is 10.9. The SMILES string of the molecule is Cc1nc2cc[c-]c(-c3nccn3-c3c(-c4ccccc4)cccc3-c3ccccc3)c2o1.[Ir]. The number of hydrogen-bond acceptors (Lipinski definition) is 3. The molecule has 0 saturated heterocycles. The Morgan fingerprint density at radius 3 is 2.09 bits per heavy atom. The number of fused-ring (bicyclic) bond motifs is 1. The quantitative estimate of drug-likeness (QED) is 0.198. The van der Waals surface area contributed by atoms with E-state index in [4.69, 9.17) is 9.40 Å². The summed E-state index contributed by atoms with van der Waals surface area (Å²) in [4.78, 5) is 9.23. The van der Waals surface area contributed by atoms with Crippen molar-refractivity contribution < 1.29 is 24.5 Å². The van der Waals surface area contributed by atoms with Gasteiger partial charge in [0.1, 0.15) is 0 Å². The van der Waals surface area contributed by atoms with E-state index < -0.39 is 0 Å². The minimum atomic E-state index is 0. The molecule has 2 aromatic heterocycles. The van der Waals surface area contributed by atoms with E-state index in [9.17, 15) is 0 Å². The summed E-state index contributed by atoms with van der Waals surface area (Å²) in [6.07, 6.45) is 3.82. The van der Waals surface area contributed by atoms with Gasteiger partial charge >= 0.3 is 0 Å². The van der Waals surface area contributed by atoms with Gasteiger partial charge in [-0.1, -0.05) is 84.4 Å². The van der Waals surface area contributed by atoms with Crippen LogP contribution < -0.4 is 0 Å². The molecule has 5 heteroatoms. The molecule has 167 valence electrons. The molecule has 0 N–H and O–H groups in total. The summed E-state index contributed by atoms with van der Waals surface area (Å²) in [5, 5.41) is 0. The molecule has 4 nitrogen and oxygen atoms in total. The zero-order valence-electron chi connectivity index (χ0n) is 18.4. The van der Waals surface area contributed by atoms with Crippen LogP contribution in [0.15, 0.2) is 108 Å². The van der Waals surface area contributed by atoms with Gasteiger partial charge in [0.15, 0.2) is 5.89 Å². The number of benzene rings is 4. The van der Waals surface area contributed by atoms with Crippen LogP contribution in [0.25, 0.3) is 50.4 Å². The van der Waals surface area contributed by atoms with Gasteiger partial charge in [0.25, 0.3) is 0 Å². The van der Waals surface area contributed by atoms with Gasteiger partial charge < -0.3 is 8.98 Å². The maximum absolute atomic E-state index is 5.95. The third-order valence-electron chi connectivity index (χ3n) is 5.77. The fourth-order valence-corrected chi connectivity index (χ4v) is 4.34. The van der Waals surface area contributed by atoms with Gasteiger partial charge in [-0.05, 0) is 11.1 Å². The summed E-state index contributed by atoms with van der Waals surface area (Å²) in [5.74, 6) is 1.39. The van der Waals surface area contributed by atoms with Crippen LogP contribution in [0.1, 0.15) is 5.89 Å². The average molecular weight is 619 g/mol. The molecule has 6 rings (SSSR count). The van der Waals surface area contributed by atoms with Crippen molar-refractivity contribution >= 4 is 11.1 Å². The summed E-state index contributed by atoms with van der Waals surface area (Å²) < 4.78 is 8.08. The van der Waals surface area contributed by atoms with Crippen LogP contribution in [0.5, 0.6) is 0 Å². The number of hydrogen-bond donors (Lipinski definition) is 0. The molecule has 1 radical (unpaired) electrons.